The Morgan fingerprint density at radius 3 is 2.37 bits per heavy atom. The molecular weight excluding hydrogens is 409 g/mol. The Morgan fingerprint density at radius 2 is 1.78 bits per heavy atom. The smallest absolute Gasteiger partial charge is 0.240 e. The standard InChI is InChI=1S/C18H21Cl2N3O3S/c1-22(15-6-4-3-5-7-15)11-10-21-18(24)13-23(27(2,25)26)17-9-8-14(19)12-16(17)20/h3-9,12H,10-11,13H2,1-2H3,(H,21,24). The van der Waals surface area contributed by atoms with E-state index in [1.807, 2.05) is 42.3 Å². The van der Waals surface area contributed by atoms with Crippen LogP contribution in [0.2, 0.25) is 10.0 Å². The van der Waals surface area contributed by atoms with Crippen molar-refractivity contribution in [1.82, 2.24) is 5.32 Å². The highest BCUT2D eigenvalue weighted by Gasteiger charge is 2.23. The molecule has 0 saturated heterocycles. The first kappa shape index (κ1) is 21.3. The maximum Gasteiger partial charge on any atom is 0.240 e. The van der Waals surface area contributed by atoms with Crippen molar-refractivity contribution in [3.05, 3.63) is 58.6 Å². The van der Waals surface area contributed by atoms with E-state index in [1.54, 1.807) is 0 Å². The zero-order chi connectivity index (χ0) is 20.0. The van der Waals surface area contributed by atoms with Crippen LogP contribution in [0.1, 0.15) is 0 Å². The van der Waals surface area contributed by atoms with Crippen LogP contribution in [-0.4, -0.2) is 47.3 Å². The van der Waals surface area contributed by atoms with E-state index in [0.717, 1.165) is 16.2 Å². The number of carbonyl (C=O) groups is 1. The quantitative estimate of drug-likeness (QED) is 0.699. The first-order chi connectivity index (χ1) is 12.7. The van der Waals surface area contributed by atoms with Crippen molar-refractivity contribution in [3.63, 3.8) is 0 Å². The molecule has 0 radical (unpaired) electrons. The van der Waals surface area contributed by atoms with Gasteiger partial charge in [-0.05, 0) is 30.3 Å². The van der Waals surface area contributed by atoms with Crippen LogP contribution >= 0.6 is 23.2 Å². The van der Waals surface area contributed by atoms with Crippen LogP contribution in [0.15, 0.2) is 48.5 Å². The van der Waals surface area contributed by atoms with Crippen LogP contribution in [0.4, 0.5) is 11.4 Å². The highest BCUT2D eigenvalue weighted by Crippen LogP contribution is 2.30. The van der Waals surface area contributed by atoms with Gasteiger partial charge in [0.2, 0.25) is 15.9 Å². The van der Waals surface area contributed by atoms with Gasteiger partial charge in [-0.25, -0.2) is 8.42 Å². The minimum Gasteiger partial charge on any atom is -0.373 e. The van der Waals surface area contributed by atoms with E-state index < -0.39 is 15.9 Å². The van der Waals surface area contributed by atoms with Gasteiger partial charge in [-0.3, -0.25) is 9.10 Å². The summed E-state index contributed by atoms with van der Waals surface area (Å²) in [6.07, 6.45) is 1.02. The highest BCUT2D eigenvalue weighted by molar-refractivity contribution is 7.92. The van der Waals surface area contributed by atoms with Gasteiger partial charge in [-0.15, -0.1) is 0 Å². The number of hydrogen-bond acceptors (Lipinski definition) is 4. The number of likely N-dealkylation sites (N-methyl/N-ethyl adjacent to an activating group) is 1. The summed E-state index contributed by atoms with van der Waals surface area (Å²) in [4.78, 5) is 14.3. The van der Waals surface area contributed by atoms with Crippen LogP contribution in [0.5, 0.6) is 0 Å². The van der Waals surface area contributed by atoms with Crippen molar-refractivity contribution < 1.29 is 13.2 Å². The summed E-state index contributed by atoms with van der Waals surface area (Å²) < 4.78 is 25.2. The molecule has 0 aromatic heterocycles. The van der Waals surface area contributed by atoms with Gasteiger partial charge in [-0.2, -0.15) is 0 Å². The van der Waals surface area contributed by atoms with Crippen LogP contribution < -0.4 is 14.5 Å². The molecule has 0 heterocycles. The molecule has 6 nitrogen and oxygen atoms in total. The second kappa shape index (κ2) is 9.30. The third kappa shape index (κ3) is 6.30. The van der Waals surface area contributed by atoms with E-state index >= 15 is 0 Å². The fourth-order valence-corrected chi connectivity index (χ4v) is 3.85. The van der Waals surface area contributed by atoms with Crippen molar-refractivity contribution in [2.24, 2.45) is 0 Å². The summed E-state index contributed by atoms with van der Waals surface area (Å²) in [6, 6.07) is 14.2. The topological polar surface area (TPSA) is 69.7 Å². The minimum absolute atomic E-state index is 0.157. The van der Waals surface area contributed by atoms with Gasteiger partial charge in [0.15, 0.2) is 0 Å². The molecule has 0 bridgehead atoms. The molecule has 0 atom stereocenters. The van der Waals surface area contributed by atoms with Gasteiger partial charge in [0.05, 0.1) is 17.0 Å². The van der Waals surface area contributed by atoms with E-state index in [4.69, 9.17) is 23.2 Å². The van der Waals surface area contributed by atoms with E-state index in [0.29, 0.717) is 18.1 Å². The van der Waals surface area contributed by atoms with Gasteiger partial charge in [0.1, 0.15) is 6.54 Å². The van der Waals surface area contributed by atoms with Crippen LogP contribution in [0.3, 0.4) is 0 Å². The lowest BCUT2D eigenvalue weighted by atomic mass is 10.3. The summed E-state index contributed by atoms with van der Waals surface area (Å²) in [5, 5.41) is 3.27. The average molecular weight is 430 g/mol. The normalized spacial score (nSPS) is 11.1. The number of para-hydroxylation sites is 1. The molecule has 27 heavy (non-hydrogen) atoms. The second-order valence-electron chi connectivity index (χ2n) is 5.97. The molecule has 0 aliphatic carbocycles. The molecule has 146 valence electrons. The first-order valence-corrected chi connectivity index (χ1v) is 10.7. The van der Waals surface area contributed by atoms with Crippen molar-refractivity contribution in [1.29, 1.82) is 0 Å². The van der Waals surface area contributed by atoms with E-state index in [1.165, 1.54) is 18.2 Å². The maximum atomic E-state index is 12.3. The Hall–Kier alpha value is -1.96. The molecule has 2 aromatic rings. The van der Waals surface area contributed by atoms with Crippen LogP contribution in [-0.2, 0) is 14.8 Å². The Morgan fingerprint density at radius 1 is 1.11 bits per heavy atom. The Labute approximate surface area is 169 Å². The molecule has 1 amide bonds. The number of nitrogens with one attached hydrogen (secondary N) is 1. The molecule has 0 spiro atoms. The molecule has 2 rings (SSSR count). The summed E-state index contributed by atoms with van der Waals surface area (Å²) in [5.41, 5.74) is 1.23. The molecule has 0 unspecified atom stereocenters. The predicted octanol–water partition coefficient (Wildman–Crippen LogP) is 3.01. The molecule has 0 aliphatic heterocycles. The zero-order valence-electron chi connectivity index (χ0n) is 15.0. The maximum absolute atomic E-state index is 12.3. The van der Waals surface area contributed by atoms with Gasteiger partial charge in [0.25, 0.3) is 0 Å². The Balaban J connectivity index is 1.98. The Kier molecular flexibility index (Phi) is 7.35. The van der Waals surface area contributed by atoms with Crippen molar-refractivity contribution in [2.45, 2.75) is 0 Å². The molecule has 2 aromatic carbocycles. The van der Waals surface area contributed by atoms with Crippen molar-refractivity contribution in [2.75, 3.05) is 42.1 Å². The predicted molar refractivity (Wildman–Crippen MR) is 111 cm³/mol. The van der Waals surface area contributed by atoms with E-state index in [2.05, 4.69) is 5.32 Å². The second-order valence-corrected chi connectivity index (χ2v) is 8.72. The number of carbonyl (C=O) groups excluding carboxylic acids is 1. The Bertz CT molecular complexity index is 892. The molecule has 0 saturated carbocycles. The molecule has 1 N–H and O–H groups in total. The number of benzene rings is 2. The lowest BCUT2D eigenvalue weighted by molar-refractivity contribution is -0.119. The average Bonchev–Trinajstić information content (AvgIpc) is 2.60. The van der Waals surface area contributed by atoms with Gasteiger partial charge < -0.3 is 10.2 Å². The number of halogens is 2. The third-order valence-corrected chi connectivity index (χ3v) is 5.50. The fraction of sp³-hybridized carbons (Fsp3) is 0.278. The number of hydrogen-bond donors (Lipinski definition) is 1. The fourth-order valence-electron chi connectivity index (χ4n) is 2.43. The number of amides is 1. The summed E-state index contributed by atoms with van der Waals surface area (Å²) in [7, 11) is -1.78. The molecular formula is C18H21Cl2N3O3S. The highest BCUT2D eigenvalue weighted by atomic mass is 35.5. The molecule has 0 aliphatic rings. The number of anilines is 2. The summed E-state index contributed by atoms with van der Waals surface area (Å²) in [6.45, 7) is 0.585. The van der Waals surface area contributed by atoms with Crippen LogP contribution in [0.25, 0.3) is 0 Å². The van der Waals surface area contributed by atoms with Gasteiger partial charge in [0, 0.05) is 30.8 Å². The summed E-state index contributed by atoms with van der Waals surface area (Å²) >= 11 is 12.0. The monoisotopic (exact) mass is 429 g/mol. The number of rotatable bonds is 8. The van der Waals surface area contributed by atoms with Crippen molar-refractivity contribution >= 4 is 50.5 Å². The number of sulfonamides is 1. The van der Waals surface area contributed by atoms with E-state index in [9.17, 15) is 13.2 Å². The van der Waals surface area contributed by atoms with E-state index in [-0.39, 0.29) is 17.3 Å². The first-order valence-electron chi connectivity index (χ1n) is 8.14. The molecule has 9 heteroatoms. The minimum atomic E-state index is -3.70. The largest absolute Gasteiger partial charge is 0.373 e. The third-order valence-electron chi connectivity index (χ3n) is 3.83. The summed E-state index contributed by atoms with van der Waals surface area (Å²) in [5.74, 6) is -0.423. The zero-order valence-corrected chi connectivity index (χ0v) is 17.4. The lowest BCUT2D eigenvalue weighted by Crippen LogP contribution is -2.42. The van der Waals surface area contributed by atoms with Crippen molar-refractivity contribution in [3.8, 4) is 0 Å². The lowest BCUT2D eigenvalue weighted by Gasteiger charge is -2.24. The molecule has 0 fully saturated rings. The SMILES string of the molecule is CN(CCNC(=O)CN(c1ccc(Cl)cc1Cl)S(C)(=O)=O)c1ccccc1. The van der Waals surface area contributed by atoms with Gasteiger partial charge >= 0.3 is 0 Å². The number of nitrogens with zero attached hydrogens (tertiary/aromatic N) is 2. The van der Waals surface area contributed by atoms with Crippen LogP contribution in [0, 0.1) is 0 Å². The van der Waals surface area contributed by atoms with Gasteiger partial charge in [-0.1, -0.05) is 41.4 Å².